The Morgan fingerprint density at radius 3 is 2.79 bits per heavy atom. The average molecular weight is 465 g/mol. The number of hydrogen-bond donors (Lipinski definition) is 3. The van der Waals surface area contributed by atoms with Gasteiger partial charge in [-0.2, -0.15) is 0 Å². The van der Waals surface area contributed by atoms with E-state index >= 15 is 0 Å². The predicted molar refractivity (Wildman–Crippen MR) is 110 cm³/mol. The van der Waals surface area contributed by atoms with Gasteiger partial charge >= 0.3 is 0 Å². The molecule has 0 aliphatic carbocycles. The Morgan fingerprint density at radius 1 is 1.50 bits per heavy atom. The first-order valence-electron chi connectivity index (χ1n) is 8.27. The SMILES string of the molecule is CCNC(=NCc1nc(C(C)C)c(C)s1)NC1CCC(=O)NC1.I. The second kappa shape index (κ2) is 10.2. The lowest BCUT2D eigenvalue weighted by Gasteiger charge is -2.25. The van der Waals surface area contributed by atoms with Crippen LogP contribution in [-0.4, -0.2) is 36.0 Å². The predicted octanol–water partition coefficient (Wildman–Crippen LogP) is 2.53. The van der Waals surface area contributed by atoms with Gasteiger partial charge in [0.05, 0.1) is 12.2 Å². The first-order valence-corrected chi connectivity index (χ1v) is 9.09. The van der Waals surface area contributed by atoms with Gasteiger partial charge in [0, 0.05) is 30.4 Å². The third-order valence-electron chi connectivity index (χ3n) is 3.75. The van der Waals surface area contributed by atoms with Crippen molar-refractivity contribution in [2.45, 2.75) is 59.0 Å². The van der Waals surface area contributed by atoms with Crippen LogP contribution in [0.25, 0.3) is 0 Å². The summed E-state index contributed by atoms with van der Waals surface area (Å²) in [5.41, 5.74) is 1.17. The van der Waals surface area contributed by atoms with Crippen LogP contribution in [0.4, 0.5) is 0 Å². The lowest BCUT2D eigenvalue weighted by Crippen LogP contribution is -2.51. The Morgan fingerprint density at radius 2 is 2.25 bits per heavy atom. The Kier molecular flexibility index (Phi) is 8.96. The average Bonchev–Trinajstić information content (AvgIpc) is 2.88. The van der Waals surface area contributed by atoms with Gasteiger partial charge in [0.2, 0.25) is 5.91 Å². The lowest BCUT2D eigenvalue weighted by atomic mass is 10.1. The van der Waals surface area contributed by atoms with Gasteiger partial charge in [-0.05, 0) is 26.2 Å². The molecule has 0 bridgehead atoms. The van der Waals surface area contributed by atoms with E-state index in [4.69, 9.17) is 4.98 Å². The molecule has 1 unspecified atom stereocenters. The molecule has 0 spiro atoms. The minimum atomic E-state index is 0. The van der Waals surface area contributed by atoms with E-state index in [9.17, 15) is 4.79 Å². The molecule has 136 valence electrons. The minimum absolute atomic E-state index is 0. The monoisotopic (exact) mass is 465 g/mol. The molecule has 1 aliphatic rings. The molecule has 1 aromatic rings. The number of rotatable bonds is 5. The highest BCUT2D eigenvalue weighted by Gasteiger charge is 2.18. The number of nitrogens with zero attached hydrogens (tertiary/aromatic N) is 2. The third-order valence-corrected chi connectivity index (χ3v) is 4.72. The van der Waals surface area contributed by atoms with E-state index in [1.807, 2.05) is 6.92 Å². The summed E-state index contributed by atoms with van der Waals surface area (Å²) >= 11 is 1.72. The molecule has 2 rings (SSSR count). The van der Waals surface area contributed by atoms with E-state index in [2.05, 4.69) is 41.7 Å². The molecule has 0 saturated carbocycles. The maximum atomic E-state index is 11.2. The van der Waals surface area contributed by atoms with Crippen molar-refractivity contribution in [1.82, 2.24) is 20.9 Å². The summed E-state index contributed by atoms with van der Waals surface area (Å²) < 4.78 is 0. The van der Waals surface area contributed by atoms with Crippen LogP contribution in [-0.2, 0) is 11.3 Å². The van der Waals surface area contributed by atoms with E-state index in [-0.39, 0.29) is 35.9 Å². The maximum absolute atomic E-state index is 11.2. The van der Waals surface area contributed by atoms with E-state index in [1.54, 1.807) is 11.3 Å². The molecule has 2 heterocycles. The van der Waals surface area contributed by atoms with Crippen LogP contribution in [0.3, 0.4) is 0 Å². The number of amides is 1. The lowest BCUT2D eigenvalue weighted by molar-refractivity contribution is -0.122. The molecule has 1 fully saturated rings. The Hall–Kier alpha value is -0.900. The van der Waals surface area contributed by atoms with Crippen LogP contribution >= 0.6 is 35.3 Å². The topological polar surface area (TPSA) is 78.4 Å². The van der Waals surface area contributed by atoms with Crippen LogP contribution in [0.2, 0.25) is 0 Å². The minimum Gasteiger partial charge on any atom is -0.357 e. The smallest absolute Gasteiger partial charge is 0.220 e. The number of hydrogen-bond acceptors (Lipinski definition) is 4. The molecule has 1 aromatic heterocycles. The van der Waals surface area contributed by atoms with Gasteiger partial charge in [-0.3, -0.25) is 4.79 Å². The zero-order valence-electron chi connectivity index (χ0n) is 14.8. The summed E-state index contributed by atoms with van der Waals surface area (Å²) in [5.74, 6) is 1.36. The zero-order valence-corrected chi connectivity index (χ0v) is 18.0. The number of halogens is 1. The fraction of sp³-hybridized carbons (Fsp3) is 0.688. The van der Waals surface area contributed by atoms with Crippen molar-refractivity contribution in [3.63, 3.8) is 0 Å². The molecule has 24 heavy (non-hydrogen) atoms. The largest absolute Gasteiger partial charge is 0.357 e. The van der Waals surface area contributed by atoms with Crippen LogP contribution in [0.15, 0.2) is 4.99 Å². The molecule has 0 radical (unpaired) electrons. The molecule has 6 nitrogen and oxygen atoms in total. The number of aryl methyl sites for hydroxylation is 1. The zero-order chi connectivity index (χ0) is 16.8. The number of aliphatic imine (C=N–C) groups is 1. The van der Waals surface area contributed by atoms with Crippen molar-refractivity contribution in [2.75, 3.05) is 13.1 Å². The molecular formula is C16H28IN5OS. The highest BCUT2D eigenvalue weighted by Crippen LogP contribution is 2.24. The van der Waals surface area contributed by atoms with Crippen molar-refractivity contribution < 1.29 is 4.79 Å². The van der Waals surface area contributed by atoms with Crippen molar-refractivity contribution in [2.24, 2.45) is 4.99 Å². The number of piperidine rings is 1. The molecular weight excluding hydrogens is 437 g/mol. The molecule has 1 saturated heterocycles. The number of nitrogens with one attached hydrogen (secondary N) is 3. The molecule has 1 amide bonds. The van der Waals surface area contributed by atoms with Crippen LogP contribution < -0.4 is 16.0 Å². The molecule has 1 atom stereocenters. The number of guanidine groups is 1. The van der Waals surface area contributed by atoms with E-state index in [0.29, 0.717) is 25.4 Å². The van der Waals surface area contributed by atoms with Gasteiger partial charge in [0.1, 0.15) is 5.01 Å². The summed E-state index contributed by atoms with van der Waals surface area (Å²) in [6.45, 7) is 10.5. The van der Waals surface area contributed by atoms with Gasteiger partial charge in [-0.25, -0.2) is 9.98 Å². The van der Waals surface area contributed by atoms with Crippen molar-refractivity contribution in [3.8, 4) is 0 Å². The maximum Gasteiger partial charge on any atom is 0.220 e. The standard InChI is InChI=1S/C16H27N5OS.HI/c1-5-17-16(20-12-6-7-13(22)18-8-12)19-9-14-21-15(10(2)3)11(4)23-14;/h10,12H,5-9H2,1-4H3,(H,18,22)(H2,17,19,20);1H. The van der Waals surface area contributed by atoms with Crippen LogP contribution in [0.1, 0.15) is 55.1 Å². The summed E-state index contributed by atoms with van der Waals surface area (Å²) in [6, 6.07) is 0.231. The Balaban J connectivity index is 0.00000288. The fourth-order valence-corrected chi connectivity index (χ4v) is 3.60. The van der Waals surface area contributed by atoms with Gasteiger partial charge in [-0.1, -0.05) is 13.8 Å². The summed E-state index contributed by atoms with van der Waals surface area (Å²) in [6.07, 6.45) is 1.41. The van der Waals surface area contributed by atoms with Crippen molar-refractivity contribution >= 4 is 47.2 Å². The van der Waals surface area contributed by atoms with Gasteiger partial charge in [-0.15, -0.1) is 35.3 Å². The molecule has 3 N–H and O–H groups in total. The number of carbonyl (C=O) groups excluding carboxylic acids is 1. The highest BCUT2D eigenvalue weighted by atomic mass is 127. The van der Waals surface area contributed by atoms with Gasteiger partial charge < -0.3 is 16.0 Å². The molecule has 8 heteroatoms. The highest BCUT2D eigenvalue weighted by molar-refractivity contribution is 14.0. The van der Waals surface area contributed by atoms with Crippen LogP contribution in [0.5, 0.6) is 0 Å². The summed E-state index contributed by atoms with van der Waals surface area (Å²) in [4.78, 5) is 21.8. The van der Waals surface area contributed by atoms with Crippen molar-refractivity contribution in [1.29, 1.82) is 0 Å². The van der Waals surface area contributed by atoms with Gasteiger partial charge in [0.25, 0.3) is 0 Å². The van der Waals surface area contributed by atoms with Crippen LogP contribution in [0, 0.1) is 6.92 Å². The first-order chi connectivity index (χ1) is 11.0. The fourth-order valence-electron chi connectivity index (χ4n) is 2.58. The van der Waals surface area contributed by atoms with E-state index in [1.165, 1.54) is 10.6 Å². The molecule has 0 aromatic carbocycles. The van der Waals surface area contributed by atoms with Crippen molar-refractivity contribution in [3.05, 3.63) is 15.6 Å². The number of carbonyl (C=O) groups is 1. The summed E-state index contributed by atoms with van der Waals surface area (Å²) in [7, 11) is 0. The van der Waals surface area contributed by atoms with E-state index < -0.39 is 0 Å². The van der Waals surface area contributed by atoms with Gasteiger partial charge in [0.15, 0.2) is 5.96 Å². The Labute approximate surface area is 165 Å². The van der Waals surface area contributed by atoms with E-state index in [0.717, 1.165) is 23.9 Å². The second-order valence-corrected chi connectivity index (χ2v) is 7.37. The number of aromatic nitrogens is 1. The summed E-state index contributed by atoms with van der Waals surface area (Å²) in [5, 5.41) is 10.6. The number of thiazole rings is 1. The second-order valence-electron chi connectivity index (χ2n) is 6.08. The third kappa shape index (κ3) is 6.19. The molecule has 1 aliphatic heterocycles. The first kappa shape index (κ1) is 21.1. The normalized spacial score (nSPS) is 18.1. The Bertz CT molecular complexity index is 563. The quantitative estimate of drug-likeness (QED) is 0.355.